The van der Waals surface area contributed by atoms with E-state index in [1.807, 2.05) is 25.1 Å². The maximum absolute atomic E-state index is 5.62. The van der Waals surface area contributed by atoms with Gasteiger partial charge in [-0.3, -0.25) is 0 Å². The van der Waals surface area contributed by atoms with Crippen LogP contribution in [0.2, 0.25) is 0 Å². The van der Waals surface area contributed by atoms with E-state index in [1.165, 1.54) is 5.56 Å². The van der Waals surface area contributed by atoms with Crippen molar-refractivity contribution in [1.29, 1.82) is 0 Å². The molecule has 0 saturated carbocycles. The minimum atomic E-state index is -0.193. The monoisotopic (exact) mass is 289 g/mol. The third kappa shape index (κ3) is 5.28. The highest BCUT2D eigenvalue weighted by atomic mass is 16.5. The van der Waals surface area contributed by atoms with E-state index in [9.17, 15) is 0 Å². The molecule has 114 valence electrons. The highest BCUT2D eigenvalue weighted by Gasteiger charge is 2.17. The number of ether oxygens (including phenoxy) is 1. The maximum Gasteiger partial charge on any atom is 0.240 e. The second-order valence-corrected chi connectivity index (χ2v) is 5.56. The van der Waals surface area contributed by atoms with Crippen molar-refractivity contribution in [2.75, 3.05) is 13.2 Å². The summed E-state index contributed by atoms with van der Waals surface area (Å²) in [6.45, 7) is 8.10. The first kappa shape index (κ1) is 15.7. The summed E-state index contributed by atoms with van der Waals surface area (Å²) in [5.41, 5.74) is 0.983. The molecule has 1 heterocycles. The van der Waals surface area contributed by atoms with E-state index in [-0.39, 0.29) is 5.60 Å². The largest absolute Gasteiger partial charge is 0.375 e. The van der Waals surface area contributed by atoms with Gasteiger partial charge in [0.2, 0.25) is 5.89 Å². The molecule has 1 aromatic heterocycles. The molecular formula is C16H23N3O2. The quantitative estimate of drug-likeness (QED) is 0.809. The van der Waals surface area contributed by atoms with Crippen molar-refractivity contribution in [3.05, 3.63) is 47.6 Å². The Morgan fingerprint density at radius 2 is 2.00 bits per heavy atom. The SMILES string of the molecule is CCOC(C)(C)CNCc1nc(Cc2ccccc2)no1. The van der Waals surface area contributed by atoms with Crippen molar-refractivity contribution in [3.8, 4) is 0 Å². The lowest BCUT2D eigenvalue weighted by Crippen LogP contribution is -2.37. The van der Waals surface area contributed by atoms with Crippen LogP contribution in [-0.2, 0) is 17.7 Å². The van der Waals surface area contributed by atoms with E-state index in [2.05, 4.69) is 41.4 Å². The smallest absolute Gasteiger partial charge is 0.240 e. The summed E-state index contributed by atoms with van der Waals surface area (Å²) in [7, 11) is 0. The van der Waals surface area contributed by atoms with Crippen molar-refractivity contribution in [1.82, 2.24) is 15.5 Å². The summed E-state index contributed by atoms with van der Waals surface area (Å²) in [5, 5.41) is 7.29. The molecule has 0 aliphatic carbocycles. The van der Waals surface area contributed by atoms with Gasteiger partial charge in [0.15, 0.2) is 5.82 Å². The van der Waals surface area contributed by atoms with E-state index >= 15 is 0 Å². The molecule has 5 heteroatoms. The van der Waals surface area contributed by atoms with Gasteiger partial charge in [-0.25, -0.2) is 0 Å². The van der Waals surface area contributed by atoms with Gasteiger partial charge in [0.05, 0.1) is 12.1 Å². The number of nitrogens with zero attached hydrogens (tertiary/aromatic N) is 2. The molecule has 0 aliphatic rings. The molecule has 0 amide bonds. The predicted octanol–water partition coefficient (Wildman–Crippen LogP) is 2.57. The molecular weight excluding hydrogens is 266 g/mol. The van der Waals surface area contributed by atoms with E-state index < -0.39 is 0 Å². The second-order valence-electron chi connectivity index (χ2n) is 5.56. The van der Waals surface area contributed by atoms with Gasteiger partial charge in [-0.15, -0.1) is 0 Å². The topological polar surface area (TPSA) is 60.2 Å². The van der Waals surface area contributed by atoms with Crippen LogP contribution in [0.15, 0.2) is 34.9 Å². The van der Waals surface area contributed by atoms with Gasteiger partial charge in [-0.2, -0.15) is 4.98 Å². The molecule has 0 radical (unpaired) electrons. The van der Waals surface area contributed by atoms with Crippen LogP contribution in [-0.4, -0.2) is 28.9 Å². The van der Waals surface area contributed by atoms with Crippen LogP contribution in [0.5, 0.6) is 0 Å². The van der Waals surface area contributed by atoms with E-state index in [4.69, 9.17) is 9.26 Å². The van der Waals surface area contributed by atoms with Crippen molar-refractivity contribution in [2.45, 2.75) is 39.3 Å². The summed E-state index contributed by atoms with van der Waals surface area (Å²) in [4.78, 5) is 4.39. The first-order chi connectivity index (χ1) is 10.1. The third-order valence-electron chi connectivity index (χ3n) is 3.08. The summed E-state index contributed by atoms with van der Waals surface area (Å²) >= 11 is 0. The van der Waals surface area contributed by atoms with Gasteiger partial charge in [-0.1, -0.05) is 35.5 Å². The van der Waals surface area contributed by atoms with Crippen LogP contribution in [0, 0.1) is 0 Å². The zero-order chi connectivity index (χ0) is 15.1. The lowest BCUT2D eigenvalue weighted by Gasteiger charge is -2.24. The molecule has 0 bridgehead atoms. The zero-order valence-corrected chi connectivity index (χ0v) is 12.9. The average Bonchev–Trinajstić information content (AvgIpc) is 2.87. The van der Waals surface area contributed by atoms with Crippen molar-refractivity contribution in [2.24, 2.45) is 0 Å². The second kappa shape index (κ2) is 7.33. The zero-order valence-electron chi connectivity index (χ0n) is 12.9. The Bertz CT molecular complexity index is 537. The van der Waals surface area contributed by atoms with Crippen molar-refractivity contribution < 1.29 is 9.26 Å². The van der Waals surface area contributed by atoms with E-state index in [0.717, 1.165) is 6.54 Å². The Labute approximate surface area is 125 Å². The van der Waals surface area contributed by atoms with Gasteiger partial charge in [0.25, 0.3) is 0 Å². The Morgan fingerprint density at radius 1 is 1.24 bits per heavy atom. The summed E-state index contributed by atoms with van der Waals surface area (Å²) in [5.74, 6) is 1.32. The van der Waals surface area contributed by atoms with E-state index in [1.54, 1.807) is 0 Å². The van der Waals surface area contributed by atoms with Crippen LogP contribution in [0.3, 0.4) is 0 Å². The van der Waals surface area contributed by atoms with Crippen LogP contribution in [0.1, 0.15) is 38.0 Å². The fourth-order valence-corrected chi connectivity index (χ4v) is 2.12. The minimum Gasteiger partial charge on any atom is -0.375 e. The summed E-state index contributed by atoms with van der Waals surface area (Å²) in [6, 6.07) is 10.1. The number of hydrogen-bond acceptors (Lipinski definition) is 5. The molecule has 0 unspecified atom stereocenters. The molecule has 2 aromatic rings. The highest BCUT2D eigenvalue weighted by molar-refractivity contribution is 5.18. The Morgan fingerprint density at radius 3 is 2.71 bits per heavy atom. The molecule has 1 N–H and O–H groups in total. The lowest BCUT2D eigenvalue weighted by molar-refractivity contribution is -0.00932. The first-order valence-electron chi connectivity index (χ1n) is 7.29. The first-order valence-corrected chi connectivity index (χ1v) is 7.29. The molecule has 21 heavy (non-hydrogen) atoms. The maximum atomic E-state index is 5.62. The normalized spacial score (nSPS) is 11.8. The Kier molecular flexibility index (Phi) is 5.47. The van der Waals surface area contributed by atoms with Gasteiger partial charge in [0, 0.05) is 19.6 Å². The Hall–Kier alpha value is -1.72. The average molecular weight is 289 g/mol. The molecule has 0 fully saturated rings. The highest BCUT2D eigenvalue weighted by Crippen LogP contribution is 2.08. The van der Waals surface area contributed by atoms with Gasteiger partial charge in [-0.05, 0) is 26.3 Å². The van der Waals surface area contributed by atoms with Gasteiger partial charge >= 0.3 is 0 Å². The Balaban J connectivity index is 1.81. The number of nitrogens with one attached hydrogen (secondary N) is 1. The molecule has 0 saturated heterocycles. The molecule has 2 rings (SSSR count). The fraction of sp³-hybridized carbons (Fsp3) is 0.500. The van der Waals surface area contributed by atoms with Gasteiger partial charge < -0.3 is 14.6 Å². The predicted molar refractivity (Wildman–Crippen MR) is 81.0 cm³/mol. The number of benzene rings is 1. The number of rotatable bonds is 8. The van der Waals surface area contributed by atoms with Crippen LogP contribution < -0.4 is 5.32 Å². The molecule has 0 atom stereocenters. The fourth-order valence-electron chi connectivity index (χ4n) is 2.12. The standard InChI is InChI=1S/C16H23N3O2/c1-4-20-16(2,3)12-17-11-15-18-14(19-21-15)10-13-8-6-5-7-9-13/h5-9,17H,4,10-12H2,1-3H3. The summed E-state index contributed by atoms with van der Waals surface area (Å²) < 4.78 is 10.9. The van der Waals surface area contributed by atoms with Crippen LogP contribution >= 0.6 is 0 Å². The lowest BCUT2D eigenvalue weighted by atomic mass is 10.1. The van der Waals surface area contributed by atoms with Crippen molar-refractivity contribution in [3.63, 3.8) is 0 Å². The third-order valence-corrected chi connectivity index (χ3v) is 3.08. The van der Waals surface area contributed by atoms with Crippen LogP contribution in [0.25, 0.3) is 0 Å². The molecule has 5 nitrogen and oxygen atoms in total. The van der Waals surface area contributed by atoms with Crippen molar-refractivity contribution >= 4 is 0 Å². The molecule has 1 aromatic carbocycles. The van der Waals surface area contributed by atoms with Gasteiger partial charge in [0.1, 0.15) is 0 Å². The molecule has 0 spiro atoms. The van der Waals surface area contributed by atoms with E-state index in [0.29, 0.717) is 31.3 Å². The van der Waals surface area contributed by atoms with Crippen LogP contribution in [0.4, 0.5) is 0 Å². The minimum absolute atomic E-state index is 0.193. The molecule has 0 aliphatic heterocycles. The summed E-state index contributed by atoms with van der Waals surface area (Å²) in [6.07, 6.45) is 0.689. The number of aromatic nitrogens is 2. The number of hydrogen-bond donors (Lipinski definition) is 1.